The summed E-state index contributed by atoms with van der Waals surface area (Å²) in [6.45, 7) is 0. The molecule has 0 bridgehead atoms. The lowest BCUT2D eigenvalue weighted by molar-refractivity contribution is 0.510. The van der Waals surface area contributed by atoms with Crippen molar-refractivity contribution in [3.63, 3.8) is 0 Å². The van der Waals surface area contributed by atoms with Crippen LogP contribution in [-0.4, -0.2) is 20.4 Å². The number of hydrogen-bond donors (Lipinski definition) is 1. The van der Waals surface area contributed by atoms with E-state index >= 15 is 0 Å². The Bertz CT molecular complexity index is 749. The predicted molar refractivity (Wildman–Crippen MR) is 72.3 cm³/mol. The number of benzene rings is 1. The molecule has 2 heterocycles. The number of hydrogen-bond acceptors (Lipinski definition) is 5. The minimum Gasteiger partial charge on any atom is -0.417 e. The third-order valence-corrected chi connectivity index (χ3v) is 3.09. The monoisotopic (exact) mass is 288 g/mol. The summed E-state index contributed by atoms with van der Waals surface area (Å²) in [5, 5.41) is 13.4. The van der Waals surface area contributed by atoms with E-state index in [-0.39, 0.29) is 17.3 Å². The Labute approximate surface area is 118 Å². The Morgan fingerprint density at radius 1 is 1.10 bits per heavy atom. The second-order valence-electron chi connectivity index (χ2n) is 4.03. The number of nitrogens with zero attached hydrogens (tertiary/aromatic N) is 3. The van der Waals surface area contributed by atoms with E-state index in [1.165, 1.54) is 12.1 Å². The Hall–Kier alpha value is -2.47. The van der Waals surface area contributed by atoms with E-state index in [4.69, 9.17) is 16.0 Å². The van der Waals surface area contributed by atoms with Gasteiger partial charge in [-0.05, 0) is 11.6 Å². The molecule has 0 amide bonds. The van der Waals surface area contributed by atoms with Crippen molar-refractivity contribution in [2.45, 2.75) is 5.38 Å². The van der Waals surface area contributed by atoms with Gasteiger partial charge in [-0.15, -0.1) is 21.8 Å². The van der Waals surface area contributed by atoms with Gasteiger partial charge in [-0.3, -0.25) is 4.79 Å². The first-order chi connectivity index (χ1) is 9.74. The zero-order valence-electron chi connectivity index (χ0n) is 10.2. The van der Waals surface area contributed by atoms with Gasteiger partial charge in [-0.25, -0.2) is 5.10 Å². The Kier molecular flexibility index (Phi) is 3.30. The average molecular weight is 289 g/mol. The first-order valence-corrected chi connectivity index (χ1v) is 6.26. The van der Waals surface area contributed by atoms with Crippen LogP contribution in [0.15, 0.2) is 51.7 Å². The lowest BCUT2D eigenvalue weighted by Gasteiger charge is -2.03. The van der Waals surface area contributed by atoms with Crippen LogP contribution in [0, 0.1) is 0 Å². The molecule has 6 nitrogen and oxygen atoms in total. The van der Waals surface area contributed by atoms with Crippen LogP contribution in [0.4, 0.5) is 0 Å². The first kappa shape index (κ1) is 12.6. The summed E-state index contributed by atoms with van der Waals surface area (Å²) in [6.07, 6.45) is 0. The van der Waals surface area contributed by atoms with Crippen LogP contribution < -0.4 is 5.56 Å². The van der Waals surface area contributed by atoms with E-state index in [0.29, 0.717) is 5.69 Å². The van der Waals surface area contributed by atoms with Gasteiger partial charge in [0.05, 0.1) is 0 Å². The second-order valence-corrected chi connectivity index (χ2v) is 4.46. The molecule has 0 spiro atoms. The van der Waals surface area contributed by atoms with Crippen LogP contribution in [0.3, 0.4) is 0 Å². The fourth-order valence-corrected chi connectivity index (χ4v) is 1.90. The molecule has 100 valence electrons. The van der Waals surface area contributed by atoms with Crippen molar-refractivity contribution in [1.82, 2.24) is 20.4 Å². The molecule has 0 aliphatic rings. The summed E-state index contributed by atoms with van der Waals surface area (Å²) < 4.78 is 5.49. The minimum atomic E-state index is -0.528. The van der Waals surface area contributed by atoms with Gasteiger partial charge in [0.25, 0.3) is 11.4 Å². The van der Waals surface area contributed by atoms with Crippen molar-refractivity contribution in [3.05, 3.63) is 64.3 Å². The third kappa shape index (κ3) is 2.46. The largest absolute Gasteiger partial charge is 0.417 e. The topological polar surface area (TPSA) is 84.7 Å². The van der Waals surface area contributed by atoms with E-state index < -0.39 is 5.38 Å². The standard InChI is InChI=1S/C13H9ClN4O2/c14-11(8-4-2-1-3-5-8)13-18-17-12(20-13)9-6-7-10(19)16-15-9/h1-7,11H,(H,16,19). The summed E-state index contributed by atoms with van der Waals surface area (Å²) in [4.78, 5) is 10.9. The highest BCUT2D eigenvalue weighted by Crippen LogP contribution is 2.28. The first-order valence-electron chi connectivity index (χ1n) is 5.82. The fourth-order valence-electron chi connectivity index (χ4n) is 1.67. The molecular formula is C13H9ClN4O2. The molecule has 1 atom stereocenters. The van der Waals surface area contributed by atoms with Crippen LogP contribution in [-0.2, 0) is 0 Å². The molecule has 0 saturated carbocycles. The van der Waals surface area contributed by atoms with Crippen molar-refractivity contribution in [2.24, 2.45) is 0 Å². The predicted octanol–water partition coefficient (Wildman–Crippen LogP) is 2.15. The highest BCUT2D eigenvalue weighted by atomic mass is 35.5. The van der Waals surface area contributed by atoms with Crippen molar-refractivity contribution < 1.29 is 4.42 Å². The summed E-state index contributed by atoms with van der Waals surface area (Å²) in [5.74, 6) is 0.485. The maximum Gasteiger partial charge on any atom is 0.268 e. The van der Waals surface area contributed by atoms with Crippen LogP contribution >= 0.6 is 11.6 Å². The van der Waals surface area contributed by atoms with E-state index in [0.717, 1.165) is 5.56 Å². The van der Waals surface area contributed by atoms with Gasteiger partial charge >= 0.3 is 0 Å². The molecule has 0 fully saturated rings. The number of halogens is 1. The smallest absolute Gasteiger partial charge is 0.268 e. The minimum absolute atomic E-state index is 0.206. The lowest BCUT2D eigenvalue weighted by atomic mass is 10.1. The maximum atomic E-state index is 10.9. The quantitative estimate of drug-likeness (QED) is 0.746. The Morgan fingerprint density at radius 2 is 1.90 bits per heavy atom. The highest BCUT2D eigenvalue weighted by molar-refractivity contribution is 6.22. The summed E-state index contributed by atoms with van der Waals surface area (Å²) in [5.41, 5.74) is 0.951. The number of rotatable bonds is 3. The van der Waals surface area contributed by atoms with E-state index in [1.54, 1.807) is 0 Å². The second kappa shape index (κ2) is 5.26. The molecule has 0 saturated heterocycles. The number of aromatic nitrogens is 4. The van der Waals surface area contributed by atoms with Crippen LogP contribution in [0.2, 0.25) is 0 Å². The van der Waals surface area contributed by atoms with Crippen molar-refractivity contribution >= 4 is 11.6 Å². The van der Waals surface area contributed by atoms with Crippen LogP contribution in [0.25, 0.3) is 11.6 Å². The van der Waals surface area contributed by atoms with Gasteiger partial charge in [0.2, 0.25) is 5.89 Å². The van der Waals surface area contributed by atoms with Crippen molar-refractivity contribution in [2.75, 3.05) is 0 Å². The molecule has 0 radical (unpaired) electrons. The highest BCUT2D eigenvalue weighted by Gasteiger charge is 2.19. The van der Waals surface area contributed by atoms with Crippen LogP contribution in [0.5, 0.6) is 0 Å². The number of H-pyrrole nitrogens is 1. The Balaban J connectivity index is 1.90. The zero-order valence-corrected chi connectivity index (χ0v) is 10.9. The van der Waals surface area contributed by atoms with Crippen LogP contribution in [0.1, 0.15) is 16.8 Å². The number of aromatic amines is 1. The molecule has 1 aromatic carbocycles. The SMILES string of the molecule is O=c1ccc(-c2nnc(C(Cl)c3ccccc3)o2)n[nH]1. The number of nitrogens with one attached hydrogen (secondary N) is 1. The maximum absolute atomic E-state index is 10.9. The van der Waals surface area contributed by atoms with Gasteiger partial charge in [0.15, 0.2) is 0 Å². The van der Waals surface area contributed by atoms with Gasteiger partial charge in [-0.2, -0.15) is 5.10 Å². The third-order valence-electron chi connectivity index (χ3n) is 2.65. The zero-order chi connectivity index (χ0) is 13.9. The molecule has 1 N–H and O–H groups in total. The lowest BCUT2D eigenvalue weighted by Crippen LogP contribution is -2.05. The van der Waals surface area contributed by atoms with E-state index in [2.05, 4.69) is 20.4 Å². The number of alkyl halides is 1. The summed E-state index contributed by atoms with van der Waals surface area (Å²) in [7, 11) is 0. The molecule has 0 aliphatic heterocycles. The molecule has 0 aliphatic carbocycles. The molecule has 3 rings (SSSR count). The summed E-state index contributed by atoms with van der Waals surface area (Å²) >= 11 is 6.28. The van der Waals surface area contributed by atoms with Gasteiger partial charge in [-0.1, -0.05) is 30.3 Å². The molecule has 20 heavy (non-hydrogen) atoms. The van der Waals surface area contributed by atoms with Gasteiger partial charge < -0.3 is 4.42 Å². The molecule has 7 heteroatoms. The van der Waals surface area contributed by atoms with Gasteiger partial charge in [0, 0.05) is 6.07 Å². The van der Waals surface area contributed by atoms with Crippen molar-refractivity contribution in [3.8, 4) is 11.6 Å². The van der Waals surface area contributed by atoms with Gasteiger partial charge in [0.1, 0.15) is 11.1 Å². The summed E-state index contributed by atoms with van der Waals surface area (Å²) in [6, 6.07) is 12.2. The van der Waals surface area contributed by atoms with E-state index in [9.17, 15) is 4.79 Å². The van der Waals surface area contributed by atoms with E-state index in [1.807, 2.05) is 30.3 Å². The Morgan fingerprint density at radius 3 is 2.60 bits per heavy atom. The van der Waals surface area contributed by atoms with Crippen molar-refractivity contribution in [1.29, 1.82) is 0 Å². The normalized spacial score (nSPS) is 12.2. The molecule has 3 aromatic rings. The fraction of sp³-hybridized carbons (Fsp3) is 0.0769. The molecule has 1 unspecified atom stereocenters. The molecular weight excluding hydrogens is 280 g/mol. The average Bonchev–Trinajstić information content (AvgIpc) is 2.98. The molecule has 2 aromatic heterocycles.